The van der Waals surface area contributed by atoms with Crippen molar-refractivity contribution in [2.45, 2.75) is 26.2 Å². The van der Waals surface area contributed by atoms with Crippen molar-refractivity contribution < 1.29 is 9.18 Å². The molecule has 0 bridgehead atoms. The summed E-state index contributed by atoms with van der Waals surface area (Å²) in [7, 11) is 0. The Labute approximate surface area is 189 Å². The van der Waals surface area contributed by atoms with Crippen LogP contribution >= 0.6 is 24.0 Å². The normalized spacial score (nSPS) is 12.0. The van der Waals surface area contributed by atoms with Crippen LogP contribution in [0.3, 0.4) is 0 Å². The fourth-order valence-corrected chi connectivity index (χ4v) is 2.85. The highest BCUT2D eigenvalue weighted by Gasteiger charge is 2.16. The molecule has 0 spiro atoms. The molecule has 4 N–H and O–H groups in total. The lowest BCUT2D eigenvalue weighted by Crippen LogP contribution is -2.39. The fraction of sp³-hybridized carbons (Fsp3) is 0.364. The molecule has 0 heterocycles. The predicted octanol–water partition coefficient (Wildman–Crippen LogP) is 3.28. The van der Waals surface area contributed by atoms with Gasteiger partial charge in [-0.3, -0.25) is 9.79 Å². The molecule has 158 valence electrons. The van der Waals surface area contributed by atoms with Gasteiger partial charge in [0, 0.05) is 13.1 Å². The van der Waals surface area contributed by atoms with Crippen molar-refractivity contribution in [3.63, 3.8) is 0 Å². The van der Waals surface area contributed by atoms with E-state index in [9.17, 15) is 9.18 Å². The zero-order valence-electron chi connectivity index (χ0n) is 16.7. The summed E-state index contributed by atoms with van der Waals surface area (Å²) in [6, 6.07) is 16.4. The van der Waals surface area contributed by atoms with E-state index < -0.39 is 11.8 Å². The SMILES string of the molecule is CCNC(=NCC(Cc1ccc(F)cc1)C(N)=O)NCCCc1ccccc1.I. The van der Waals surface area contributed by atoms with Crippen LogP contribution in [0.5, 0.6) is 0 Å². The van der Waals surface area contributed by atoms with Crippen LogP contribution in [-0.4, -0.2) is 31.5 Å². The first-order valence-electron chi connectivity index (χ1n) is 9.68. The van der Waals surface area contributed by atoms with E-state index in [1.807, 2.05) is 25.1 Å². The molecular weight excluding hydrogens is 482 g/mol. The number of aryl methyl sites for hydroxylation is 1. The second-order valence-corrected chi connectivity index (χ2v) is 6.67. The van der Waals surface area contributed by atoms with Crippen molar-refractivity contribution in [1.82, 2.24) is 10.6 Å². The molecule has 0 fully saturated rings. The molecule has 0 aliphatic carbocycles. The molecule has 0 saturated carbocycles. The Hall–Kier alpha value is -2.16. The van der Waals surface area contributed by atoms with Gasteiger partial charge in [0.1, 0.15) is 5.82 Å². The molecule has 2 rings (SSSR count). The Kier molecular flexibility index (Phi) is 11.9. The van der Waals surface area contributed by atoms with E-state index in [2.05, 4.69) is 27.8 Å². The minimum absolute atomic E-state index is 0. The van der Waals surface area contributed by atoms with E-state index in [0.29, 0.717) is 12.4 Å². The molecule has 0 aliphatic heterocycles. The third-order valence-corrected chi connectivity index (χ3v) is 4.39. The van der Waals surface area contributed by atoms with Gasteiger partial charge in [0.15, 0.2) is 5.96 Å². The van der Waals surface area contributed by atoms with Crippen molar-refractivity contribution in [2.75, 3.05) is 19.6 Å². The van der Waals surface area contributed by atoms with E-state index in [1.54, 1.807) is 12.1 Å². The number of hydrogen-bond acceptors (Lipinski definition) is 2. The molecule has 0 aliphatic rings. The van der Waals surface area contributed by atoms with Crippen LogP contribution in [0.15, 0.2) is 59.6 Å². The summed E-state index contributed by atoms with van der Waals surface area (Å²) in [5, 5.41) is 6.48. The third-order valence-electron chi connectivity index (χ3n) is 4.39. The highest BCUT2D eigenvalue weighted by molar-refractivity contribution is 14.0. The molecule has 2 aromatic carbocycles. The smallest absolute Gasteiger partial charge is 0.222 e. The van der Waals surface area contributed by atoms with Crippen LogP contribution in [0.1, 0.15) is 24.5 Å². The number of nitrogens with zero attached hydrogens (tertiary/aromatic N) is 1. The number of halogens is 2. The molecule has 0 radical (unpaired) electrons. The number of hydrogen-bond donors (Lipinski definition) is 3. The predicted molar refractivity (Wildman–Crippen MR) is 127 cm³/mol. The summed E-state index contributed by atoms with van der Waals surface area (Å²) in [4.78, 5) is 16.3. The maximum absolute atomic E-state index is 13.0. The monoisotopic (exact) mass is 512 g/mol. The summed E-state index contributed by atoms with van der Waals surface area (Å²) >= 11 is 0. The molecule has 1 atom stereocenters. The van der Waals surface area contributed by atoms with Gasteiger partial charge in [0.2, 0.25) is 5.91 Å². The molecule has 2 aromatic rings. The molecule has 1 amide bonds. The summed E-state index contributed by atoms with van der Waals surface area (Å²) in [5.41, 5.74) is 7.70. The van der Waals surface area contributed by atoms with Crippen LogP contribution < -0.4 is 16.4 Å². The van der Waals surface area contributed by atoms with Crippen LogP contribution in [0, 0.1) is 11.7 Å². The minimum Gasteiger partial charge on any atom is -0.369 e. The van der Waals surface area contributed by atoms with Gasteiger partial charge in [0.25, 0.3) is 0 Å². The first kappa shape index (κ1) is 24.9. The van der Waals surface area contributed by atoms with Gasteiger partial charge in [-0.1, -0.05) is 42.5 Å². The molecule has 29 heavy (non-hydrogen) atoms. The zero-order chi connectivity index (χ0) is 20.2. The number of nitrogens with one attached hydrogen (secondary N) is 2. The fourth-order valence-electron chi connectivity index (χ4n) is 2.85. The summed E-state index contributed by atoms with van der Waals surface area (Å²) in [5.74, 6) is -0.481. The number of nitrogens with two attached hydrogens (primary N) is 1. The first-order valence-corrected chi connectivity index (χ1v) is 9.68. The number of carbonyl (C=O) groups excluding carboxylic acids is 1. The summed E-state index contributed by atoms with van der Waals surface area (Å²) < 4.78 is 13.0. The lowest BCUT2D eigenvalue weighted by molar-refractivity contribution is -0.121. The topological polar surface area (TPSA) is 79.5 Å². The highest BCUT2D eigenvalue weighted by atomic mass is 127. The quantitative estimate of drug-likeness (QED) is 0.198. The number of guanidine groups is 1. The lowest BCUT2D eigenvalue weighted by Gasteiger charge is -2.14. The third kappa shape index (κ3) is 9.74. The van der Waals surface area contributed by atoms with Crippen LogP contribution in [0.2, 0.25) is 0 Å². The Bertz CT molecular complexity index is 753. The van der Waals surface area contributed by atoms with Gasteiger partial charge in [-0.15, -0.1) is 24.0 Å². The molecule has 5 nitrogen and oxygen atoms in total. The van der Waals surface area contributed by atoms with Crippen molar-refractivity contribution in [2.24, 2.45) is 16.6 Å². The Morgan fingerprint density at radius 2 is 1.76 bits per heavy atom. The number of carbonyl (C=O) groups is 1. The second-order valence-electron chi connectivity index (χ2n) is 6.67. The maximum atomic E-state index is 13.0. The molecular formula is C22H30FIN4O. The zero-order valence-corrected chi connectivity index (χ0v) is 19.1. The number of rotatable bonds is 10. The Balaban J connectivity index is 0.00000420. The van der Waals surface area contributed by atoms with E-state index in [4.69, 9.17) is 5.73 Å². The van der Waals surface area contributed by atoms with Crippen molar-refractivity contribution in [3.8, 4) is 0 Å². The molecule has 0 aromatic heterocycles. The largest absolute Gasteiger partial charge is 0.369 e. The summed E-state index contributed by atoms with van der Waals surface area (Å²) in [6.07, 6.45) is 2.40. The average molecular weight is 512 g/mol. The van der Waals surface area contributed by atoms with Gasteiger partial charge in [-0.25, -0.2) is 4.39 Å². The number of aliphatic imine (C=N–C) groups is 1. The van der Waals surface area contributed by atoms with Crippen LogP contribution in [-0.2, 0) is 17.6 Å². The van der Waals surface area contributed by atoms with Crippen molar-refractivity contribution in [1.29, 1.82) is 0 Å². The Morgan fingerprint density at radius 1 is 1.07 bits per heavy atom. The second kappa shape index (κ2) is 13.9. The van der Waals surface area contributed by atoms with E-state index >= 15 is 0 Å². The van der Waals surface area contributed by atoms with Gasteiger partial charge in [-0.05, 0) is 49.4 Å². The van der Waals surface area contributed by atoms with Crippen LogP contribution in [0.25, 0.3) is 0 Å². The maximum Gasteiger partial charge on any atom is 0.222 e. The molecule has 7 heteroatoms. The Morgan fingerprint density at radius 3 is 2.38 bits per heavy atom. The van der Waals surface area contributed by atoms with E-state index in [-0.39, 0.29) is 36.3 Å². The first-order chi connectivity index (χ1) is 13.6. The average Bonchev–Trinajstić information content (AvgIpc) is 2.70. The van der Waals surface area contributed by atoms with Crippen LogP contribution in [0.4, 0.5) is 4.39 Å². The summed E-state index contributed by atoms with van der Waals surface area (Å²) in [6.45, 7) is 3.77. The van der Waals surface area contributed by atoms with E-state index in [1.165, 1.54) is 17.7 Å². The van der Waals surface area contributed by atoms with Crippen molar-refractivity contribution >= 4 is 35.8 Å². The van der Waals surface area contributed by atoms with E-state index in [0.717, 1.165) is 31.5 Å². The van der Waals surface area contributed by atoms with Gasteiger partial charge >= 0.3 is 0 Å². The van der Waals surface area contributed by atoms with Crippen molar-refractivity contribution in [3.05, 3.63) is 71.5 Å². The highest BCUT2D eigenvalue weighted by Crippen LogP contribution is 2.10. The molecule has 0 saturated heterocycles. The minimum atomic E-state index is -0.440. The lowest BCUT2D eigenvalue weighted by atomic mass is 9.99. The number of amides is 1. The van der Waals surface area contributed by atoms with Gasteiger partial charge in [-0.2, -0.15) is 0 Å². The van der Waals surface area contributed by atoms with Gasteiger partial charge < -0.3 is 16.4 Å². The standard InChI is InChI=1S/C22H29FN4O.HI/c1-2-25-22(26-14-6-9-17-7-4-3-5-8-17)27-16-19(21(24)28)15-18-10-12-20(23)13-11-18;/h3-5,7-8,10-13,19H,2,6,9,14-16H2,1H3,(H2,24,28)(H2,25,26,27);1H. The number of primary amides is 1. The number of benzene rings is 2. The van der Waals surface area contributed by atoms with Gasteiger partial charge in [0.05, 0.1) is 12.5 Å². The molecule has 1 unspecified atom stereocenters.